The molecule has 0 aromatic heterocycles. The van der Waals surface area contributed by atoms with E-state index in [2.05, 4.69) is 5.32 Å². The monoisotopic (exact) mass is 310 g/mol. The fraction of sp³-hybridized carbons (Fsp3) is 0.562. The molecule has 0 spiro atoms. The lowest BCUT2D eigenvalue weighted by molar-refractivity contribution is -0.125. The summed E-state index contributed by atoms with van der Waals surface area (Å²) in [7, 11) is 0. The summed E-state index contributed by atoms with van der Waals surface area (Å²) in [6.45, 7) is 5.38. The number of hydrogen-bond donors (Lipinski definition) is 2. The molecule has 1 aliphatic heterocycles. The van der Waals surface area contributed by atoms with Gasteiger partial charge in [0.2, 0.25) is 5.91 Å². The van der Waals surface area contributed by atoms with Crippen LogP contribution < -0.4 is 11.1 Å². The number of amides is 1. The van der Waals surface area contributed by atoms with Gasteiger partial charge < -0.3 is 15.8 Å². The number of benzene rings is 1. The molecule has 0 radical (unpaired) electrons. The molecule has 0 saturated carbocycles. The molecule has 3 N–H and O–H groups in total. The van der Waals surface area contributed by atoms with Gasteiger partial charge in [-0.3, -0.25) is 4.79 Å². The van der Waals surface area contributed by atoms with Gasteiger partial charge in [-0.2, -0.15) is 0 Å². The second-order valence-electron chi connectivity index (χ2n) is 6.30. The Hall–Kier alpha value is -1.10. The van der Waals surface area contributed by atoms with Crippen molar-refractivity contribution in [2.75, 3.05) is 19.8 Å². The quantitative estimate of drug-likeness (QED) is 0.896. The number of nitrogens with two attached hydrogens (primary N) is 1. The van der Waals surface area contributed by atoms with Crippen LogP contribution in [0.15, 0.2) is 24.3 Å². The Morgan fingerprint density at radius 3 is 2.43 bits per heavy atom. The van der Waals surface area contributed by atoms with Crippen molar-refractivity contribution in [2.24, 2.45) is 5.73 Å². The Balaban J connectivity index is 2.17. The summed E-state index contributed by atoms with van der Waals surface area (Å²) in [4.78, 5) is 12.0. The van der Waals surface area contributed by atoms with Gasteiger partial charge in [0.15, 0.2) is 0 Å². The van der Waals surface area contributed by atoms with E-state index in [0.717, 1.165) is 12.8 Å². The molecular formula is C16H23ClN2O2. The maximum absolute atomic E-state index is 12.0. The molecule has 5 heteroatoms. The van der Waals surface area contributed by atoms with Crippen molar-refractivity contribution >= 4 is 17.5 Å². The van der Waals surface area contributed by atoms with Gasteiger partial charge in [-0.05, 0) is 44.4 Å². The predicted octanol–water partition coefficient (Wildman–Crippen LogP) is 2.24. The molecule has 1 aliphatic rings. The second-order valence-corrected chi connectivity index (χ2v) is 6.74. The highest BCUT2D eigenvalue weighted by atomic mass is 35.5. The third-order valence-corrected chi connectivity index (χ3v) is 4.33. The number of nitrogens with one attached hydrogen (secondary N) is 1. The molecular weight excluding hydrogens is 288 g/mol. The highest BCUT2D eigenvalue weighted by molar-refractivity contribution is 6.30. The van der Waals surface area contributed by atoms with Gasteiger partial charge in [-0.15, -0.1) is 0 Å². The first-order valence-corrected chi connectivity index (χ1v) is 7.62. The lowest BCUT2D eigenvalue weighted by atomic mass is 9.74. The summed E-state index contributed by atoms with van der Waals surface area (Å²) in [6, 6.07) is 7.85. The van der Waals surface area contributed by atoms with E-state index in [9.17, 15) is 4.79 Å². The second kappa shape index (κ2) is 6.34. The summed E-state index contributed by atoms with van der Waals surface area (Å²) in [5.41, 5.74) is 6.05. The Labute approximate surface area is 131 Å². The number of carbonyl (C=O) groups is 1. The minimum atomic E-state index is -0.869. The maximum Gasteiger partial charge on any atom is 0.239 e. The van der Waals surface area contributed by atoms with Gasteiger partial charge in [0.05, 0.1) is 5.54 Å². The van der Waals surface area contributed by atoms with Crippen LogP contribution in [0.1, 0.15) is 32.3 Å². The van der Waals surface area contributed by atoms with E-state index in [4.69, 9.17) is 22.1 Å². The first-order valence-electron chi connectivity index (χ1n) is 7.24. The molecule has 0 aliphatic carbocycles. The van der Waals surface area contributed by atoms with Crippen LogP contribution in [0.2, 0.25) is 5.02 Å². The van der Waals surface area contributed by atoms with Crippen molar-refractivity contribution < 1.29 is 9.53 Å². The summed E-state index contributed by atoms with van der Waals surface area (Å²) >= 11 is 5.97. The Bertz CT molecular complexity index is 488. The lowest BCUT2D eigenvalue weighted by Crippen LogP contribution is -2.53. The van der Waals surface area contributed by atoms with E-state index < -0.39 is 5.54 Å². The average molecular weight is 311 g/mol. The van der Waals surface area contributed by atoms with Crippen molar-refractivity contribution in [3.05, 3.63) is 34.9 Å². The van der Waals surface area contributed by atoms with Gasteiger partial charge in [0.1, 0.15) is 0 Å². The number of carbonyl (C=O) groups excluding carboxylic acids is 1. The van der Waals surface area contributed by atoms with Gasteiger partial charge in [-0.25, -0.2) is 0 Å². The van der Waals surface area contributed by atoms with Crippen molar-refractivity contribution in [3.8, 4) is 0 Å². The number of hydrogen-bond acceptors (Lipinski definition) is 3. The number of ether oxygens (including phenoxy) is 1. The third kappa shape index (κ3) is 3.96. The zero-order chi connectivity index (χ0) is 15.5. The van der Waals surface area contributed by atoms with Crippen LogP contribution in [0.3, 0.4) is 0 Å². The lowest BCUT2D eigenvalue weighted by Gasteiger charge is -2.38. The van der Waals surface area contributed by atoms with E-state index in [1.165, 1.54) is 5.56 Å². The number of rotatable bonds is 4. The summed E-state index contributed by atoms with van der Waals surface area (Å²) < 4.78 is 5.48. The van der Waals surface area contributed by atoms with Crippen LogP contribution in [0.25, 0.3) is 0 Å². The highest BCUT2D eigenvalue weighted by Crippen LogP contribution is 2.35. The van der Waals surface area contributed by atoms with Crippen molar-refractivity contribution in [2.45, 2.75) is 37.6 Å². The van der Waals surface area contributed by atoms with Gasteiger partial charge in [-0.1, -0.05) is 23.7 Å². The van der Waals surface area contributed by atoms with Crippen molar-refractivity contribution in [1.29, 1.82) is 0 Å². The summed E-state index contributed by atoms with van der Waals surface area (Å²) in [6.07, 6.45) is 1.75. The molecule has 0 unspecified atom stereocenters. The minimum absolute atomic E-state index is 0.107. The first-order chi connectivity index (χ1) is 9.83. The molecule has 1 aromatic rings. The SMILES string of the molecule is CC(C)(N)C(=O)NCC1(c2ccc(Cl)cc2)CCOCC1. The molecule has 21 heavy (non-hydrogen) atoms. The van der Waals surface area contributed by atoms with E-state index in [1.54, 1.807) is 13.8 Å². The number of halogens is 1. The molecule has 116 valence electrons. The normalized spacial score (nSPS) is 18.3. The fourth-order valence-electron chi connectivity index (χ4n) is 2.61. The molecule has 1 saturated heterocycles. The van der Waals surface area contributed by atoms with Gasteiger partial charge in [0, 0.05) is 30.2 Å². The van der Waals surface area contributed by atoms with Crippen LogP contribution in [0.5, 0.6) is 0 Å². The van der Waals surface area contributed by atoms with Crippen LogP contribution in [0, 0.1) is 0 Å². The standard InChI is InChI=1S/C16H23ClN2O2/c1-15(2,18)14(20)19-11-16(7-9-21-10-8-16)12-3-5-13(17)6-4-12/h3-6H,7-11,18H2,1-2H3,(H,19,20). The predicted molar refractivity (Wildman–Crippen MR) is 84.5 cm³/mol. The summed E-state index contributed by atoms with van der Waals surface area (Å²) in [5, 5.41) is 3.71. The molecule has 0 atom stereocenters. The van der Waals surface area contributed by atoms with Crippen LogP contribution in [0.4, 0.5) is 0 Å². The molecule has 0 bridgehead atoms. The molecule has 1 amide bonds. The maximum atomic E-state index is 12.0. The molecule has 1 heterocycles. The minimum Gasteiger partial charge on any atom is -0.381 e. The zero-order valence-electron chi connectivity index (χ0n) is 12.6. The average Bonchev–Trinajstić information content (AvgIpc) is 2.45. The Morgan fingerprint density at radius 1 is 1.33 bits per heavy atom. The van der Waals surface area contributed by atoms with E-state index >= 15 is 0 Å². The Kier molecular flexibility index (Phi) is 4.91. The van der Waals surface area contributed by atoms with Gasteiger partial charge in [0.25, 0.3) is 0 Å². The zero-order valence-corrected chi connectivity index (χ0v) is 13.4. The van der Waals surface area contributed by atoms with Crippen LogP contribution in [-0.2, 0) is 14.9 Å². The van der Waals surface area contributed by atoms with Crippen molar-refractivity contribution in [3.63, 3.8) is 0 Å². The fourth-order valence-corrected chi connectivity index (χ4v) is 2.74. The van der Waals surface area contributed by atoms with E-state index in [0.29, 0.717) is 24.8 Å². The molecule has 1 fully saturated rings. The largest absolute Gasteiger partial charge is 0.381 e. The highest BCUT2D eigenvalue weighted by Gasteiger charge is 2.36. The van der Waals surface area contributed by atoms with E-state index in [-0.39, 0.29) is 11.3 Å². The van der Waals surface area contributed by atoms with Gasteiger partial charge >= 0.3 is 0 Å². The molecule has 1 aromatic carbocycles. The molecule has 2 rings (SSSR count). The Morgan fingerprint density at radius 2 is 1.90 bits per heavy atom. The smallest absolute Gasteiger partial charge is 0.239 e. The summed E-state index contributed by atoms with van der Waals surface area (Å²) in [5.74, 6) is -0.137. The van der Waals surface area contributed by atoms with Crippen LogP contribution in [-0.4, -0.2) is 31.2 Å². The molecule has 4 nitrogen and oxygen atoms in total. The van der Waals surface area contributed by atoms with Crippen LogP contribution >= 0.6 is 11.6 Å². The van der Waals surface area contributed by atoms with Crippen molar-refractivity contribution in [1.82, 2.24) is 5.32 Å². The topological polar surface area (TPSA) is 64.4 Å². The third-order valence-electron chi connectivity index (χ3n) is 4.08. The first kappa shape index (κ1) is 16.3. The van der Waals surface area contributed by atoms with E-state index in [1.807, 2.05) is 24.3 Å².